The number of fused-ring (bicyclic) bond motifs is 1. The van der Waals surface area contributed by atoms with Gasteiger partial charge in [-0.05, 0) is 25.6 Å². The number of pyridine rings is 1. The molecule has 1 saturated heterocycles. The number of likely N-dealkylation sites (N-methyl/N-ethyl adjacent to an activating group) is 2. The Morgan fingerprint density at radius 1 is 1.20 bits per heavy atom. The Bertz CT molecular complexity index is 764. The van der Waals surface area contributed by atoms with Crippen molar-refractivity contribution in [3.05, 3.63) is 36.0 Å². The largest absolute Gasteiger partial charge is 0.478 e. The number of hydrogen-bond donors (Lipinski definition) is 2. The third kappa shape index (κ3) is 7.69. The number of rotatable bonds is 5. The van der Waals surface area contributed by atoms with E-state index in [1.807, 2.05) is 19.2 Å². The molecule has 1 aromatic heterocycles. The summed E-state index contributed by atoms with van der Waals surface area (Å²) in [5.74, 6) is -1.83. The highest BCUT2D eigenvalue weighted by Crippen LogP contribution is 2.23. The molecule has 1 atom stereocenters. The van der Waals surface area contributed by atoms with Gasteiger partial charge in [0.25, 0.3) is 0 Å². The van der Waals surface area contributed by atoms with Gasteiger partial charge >= 0.3 is 11.9 Å². The van der Waals surface area contributed by atoms with Gasteiger partial charge in [0.05, 0.1) is 12.1 Å². The number of aliphatic carboxylic acids is 2. The first kappa shape index (κ1) is 23.7. The van der Waals surface area contributed by atoms with Crippen LogP contribution in [0.2, 0.25) is 0 Å². The normalized spacial score (nSPS) is 20.0. The van der Waals surface area contributed by atoms with Crippen LogP contribution in [0.3, 0.4) is 0 Å². The van der Waals surface area contributed by atoms with E-state index in [2.05, 4.69) is 26.7 Å². The summed E-state index contributed by atoms with van der Waals surface area (Å²) in [5, 5.41) is 15.6. The summed E-state index contributed by atoms with van der Waals surface area (Å²) in [7, 11) is 4.22. The molecule has 1 aromatic rings. The van der Waals surface area contributed by atoms with Crippen molar-refractivity contribution in [2.24, 2.45) is 0 Å². The zero-order valence-electron chi connectivity index (χ0n) is 17.2. The number of aromatic nitrogens is 1. The van der Waals surface area contributed by atoms with Gasteiger partial charge in [-0.3, -0.25) is 0 Å². The number of carboxylic acid groups (broad SMARTS) is 2. The monoisotopic (exact) mass is 436 g/mol. The van der Waals surface area contributed by atoms with Crippen molar-refractivity contribution >= 4 is 29.1 Å². The summed E-state index contributed by atoms with van der Waals surface area (Å²) >= 11 is 5.54. The molecule has 2 aliphatic heterocycles. The predicted molar refractivity (Wildman–Crippen MR) is 116 cm³/mol. The first-order valence-electron chi connectivity index (χ1n) is 9.68. The van der Waals surface area contributed by atoms with Crippen molar-refractivity contribution in [2.75, 3.05) is 53.4 Å². The highest BCUT2D eigenvalue weighted by Gasteiger charge is 2.25. The van der Waals surface area contributed by atoms with Gasteiger partial charge in [0.1, 0.15) is 11.1 Å². The topological polar surface area (TPSA) is 106 Å². The van der Waals surface area contributed by atoms with Crippen molar-refractivity contribution < 1.29 is 24.5 Å². The molecule has 1 unspecified atom stereocenters. The Labute approximate surface area is 181 Å². The lowest BCUT2D eigenvalue weighted by Gasteiger charge is -2.33. The summed E-state index contributed by atoms with van der Waals surface area (Å²) in [4.78, 5) is 31.3. The molecule has 0 spiro atoms. The standard InChI is InChI=1S/C16H24N4OS.C4H4O4/c1-18-8-10-20(11-9-18)7-5-13-12-19(2)16(22)14-4-3-6-17-15(14)21-13;5-3(6)1-2-4(7)8/h3-4,6,13H,5,7-12H2,1-2H3;1-2H,(H,5,6)(H,7,8)/b;2-1+. The number of carboxylic acids is 2. The predicted octanol–water partition coefficient (Wildman–Crippen LogP) is 0.799. The fourth-order valence-corrected chi connectivity index (χ4v) is 3.36. The number of carbonyl (C=O) groups is 2. The molecule has 10 heteroatoms. The summed E-state index contributed by atoms with van der Waals surface area (Å²) in [5.41, 5.74) is 0.932. The van der Waals surface area contributed by atoms with E-state index < -0.39 is 11.9 Å². The van der Waals surface area contributed by atoms with E-state index in [4.69, 9.17) is 27.2 Å². The second kappa shape index (κ2) is 11.6. The van der Waals surface area contributed by atoms with Crippen LogP contribution < -0.4 is 4.74 Å². The van der Waals surface area contributed by atoms with E-state index >= 15 is 0 Å². The van der Waals surface area contributed by atoms with Gasteiger partial charge in [-0.1, -0.05) is 12.2 Å². The van der Waals surface area contributed by atoms with Crippen molar-refractivity contribution in [3.8, 4) is 5.88 Å². The Balaban J connectivity index is 0.000000343. The minimum atomic E-state index is -1.26. The lowest BCUT2D eigenvalue weighted by Crippen LogP contribution is -2.46. The van der Waals surface area contributed by atoms with Gasteiger partial charge in [0, 0.05) is 58.1 Å². The zero-order chi connectivity index (χ0) is 22.1. The molecule has 2 N–H and O–H groups in total. The lowest BCUT2D eigenvalue weighted by molar-refractivity contribution is -0.134. The van der Waals surface area contributed by atoms with Gasteiger partial charge in [-0.15, -0.1) is 0 Å². The molecule has 3 heterocycles. The maximum Gasteiger partial charge on any atom is 0.328 e. The van der Waals surface area contributed by atoms with Gasteiger partial charge in [-0.2, -0.15) is 0 Å². The average Bonchev–Trinajstić information content (AvgIpc) is 2.83. The molecule has 0 aliphatic carbocycles. The summed E-state index contributed by atoms with van der Waals surface area (Å²) in [6.45, 7) is 6.49. The molecule has 3 rings (SSSR count). The number of nitrogens with zero attached hydrogens (tertiary/aromatic N) is 4. The molecule has 164 valence electrons. The van der Waals surface area contributed by atoms with Crippen molar-refractivity contribution in [2.45, 2.75) is 12.5 Å². The summed E-state index contributed by atoms with van der Waals surface area (Å²) in [6.07, 6.45) is 4.03. The molecule has 2 aliphatic rings. The Kier molecular flexibility index (Phi) is 9.15. The fourth-order valence-electron chi connectivity index (χ4n) is 3.13. The van der Waals surface area contributed by atoms with Crippen LogP contribution in [0.4, 0.5) is 0 Å². The van der Waals surface area contributed by atoms with E-state index in [9.17, 15) is 9.59 Å². The highest BCUT2D eigenvalue weighted by molar-refractivity contribution is 7.80. The molecule has 9 nitrogen and oxygen atoms in total. The van der Waals surface area contributed by atoms with Crippen LogP contribution in [0.5, 0.6) is 5.88 Å². The Morgan fingerprint density at radius 2 is 1.83 bits per heavy atom. The minimum Gasteiger partial charge on any atom is -0.478 e. The third-order valence-electron chi connectivity index (χ3n) is 4.84. The maximum absolute atomic E-state index is 9.55. The van der Waals surface area contributed by atoms with Crippen LogP contribution >= 0.6 is 12.2 Å². The quantitative estimate of drug-likeness (QED) is 0.508. The van der Waals surface area contributed by atoms with Crippen LogP contribution in [-0.4, -0.2) is 106 Å². The molecule has 0 bridgehead atoms. The first-order valence-corrected chi connectivity index (χ1v) is 10.1. The number of ether oxygens (including phenoxy) is 1. The van der Waals surface area contributed by atoms with Crippen molar-refractivity contribution in [1.29, 1.82) is 0 Å². The molecular weight excluding hydrogens is 408 g/mol. The Morgan fingerprint density at radius 3 is 2.43 bits per heavy atom. The molecule has 0 amide bonds. The third-order valence-corrected chi connectivity index (χ3v) is 5.37. The fraction of sp³-hybridized carbons (Fsp3) is 0.500. The summed E-state index contributed by atoms with van der Waals surface area (Å²) < 4.78 is 6.13. The van der Waals surface area contributed by atoms with Crippen LogP contribution in [0.25, 0.3) is 0 Å². The van der Waals surface area contributed by atoms with Crippen LogP contribution in [0.1, 0.15) is 12.0 Å². The number of piperazine rings is 1. The van der Waals surface area contributed by atoms with Crippen LogP contribution in [0, 0.1) is 0 Å². The lowest BCUT2D eigenvalue weighted by atomic mass is 10.2. The smallest absolute Gasteiger partial charge is 0.328 e. The van der Waals surface area contributed by atoms with Gasteiger partial charge in [-0.25, -0.2) is 14.6 Å². The van der Waals surface area contributed by atoms with E-state index in [0.29, 0.717) is 18.0 Å². The van der Waals surface area contributed by atoms with Gasteiger partial charge < -0.3 is 29.6 Å². The van der Waals surface area contributed by atoms with Crippen LogP contribution in [-0.2, 0) is 9.59 Å². The van der Waals surface area contributed by atoms with Gasteiger partial charge in [0.2, 0.25) is 5.88 Å². The van der Waals surface area contributed by atoms with E-state index in [1.165, 1.54) is 0 Å². The minimum absolute atomic E-state index is 0.138. The number of hydrogen-bond acceptors (Lipinski definition) is 7. The van der Waals surface area contributed by atoms with Crippen molar-refractivity contribution in [3.63, 3.8) is 0 Å². The van der Waals surface area contributed by atoms with Crippen molar-refractivity contribution in [1.82, 2.24) is 19.7 Å². The molecule has 0 saturated carbocycles. The molecule has 0 radical (unpaired) electrons. The van der Waals surface area contributed by atoms with E-state index in [0.717, 1.165) is 56.2 Å². The van der Waals surface area contributed by atoms with Crippen LogP contribution in [0.15, 0.2) is 30.5 Å². The molecule has 30 heavy (non-hydrogen) atoms. The first-order chi connectivity index (χ1) is 14.3. The SMILES string of the molecule is CN1CCN(CCC2CN(C)C(=S)c3cccnc3O2)CC1.O=C(O)/C=C/C(=O)O. The second-order valence-electron chi connectivity index (χ2n) is 7.23. The molecule has 1 fully saturated rings. The van der Waals surface area contributed by atoms with E-state index in [1.54, 1.807) is 6.20 Å². The molecular formula is C20H28N4O5S. The Hall–Kier alpha value is -2.56. The maximum atomic E-state index is 9.55. The van der Waals surface area contributed by atoms with E-state index in [-0.39, 0.29) is 6.10 Å². The number of thiocarbonyl (C=S) groups is 1. The zero-order valence-corrected chi connectivity index (χ0v) is 18.0. The van der Waals surface area contributed by atoms with Gasteiger partial charge in [0.15, 0.2) is 0 Å². The molecule has 0 aromatic carbocycles. The highest BCUT2D eigenvalue weighted by atomic mass is 32.1. The second-order valence-corrected chi connectivity index (χ2v) is 7.61. The average molecular weight is 437 g/mol. The summed E-state index contributed by atoms with van der Waals surface area (Å²) in [6, 6.07) is 3.90.